The summed E-state index contributed by atoms with van der Waals surface area (Å²) in [7, 11) is 3.51. The molecule has 0 unspecified atom stereocenters. The summed E-state index contributed by atoms with van der Waals surface area (Å²) in [6, 6.07) is 9.92. The second-order valence-electron chi connectivity index (χ2n) is 6.28. The van der Waals surface area contributed by atoms with Gasteiger partial charge in [0, 0.05) is 49.9 Å². The van der Waals surface area contributed by atoms with Crippen LogP contribution in [0.25, 0.3) is 0 Å². The summed E-state index contributed by atoms with van der Waals surface area (Å²) in [5.41, 5.74) is 2.27. The molecule has 1 aliphatic heterocycles. The third-order valence-corrected chi connectivity index (χ3v) is 5.49. The van der Waals surface area contributed by atoms with Crippen molar-refractivity contribution in [1.29, 1.82) is 0 Å². The van der Waals surface area contributed by atoms with Gasteiger partial charge in [-0.3, -0.25) is 4.79 Å². The Morgan fingerprint density at radius 3 is 2.54 bits per heavy atom. The van der Waals surface area contributed by atoms with Gasteiger partial charge in [0.2, 0.25) is 0 Å². The maximum Gasteiger partial charge on any atom is 0.255 e. The zero-order valence-corrected chi connectivity index (χ0v) is 16.3. The van der Waals surface area contributed by atoms with Gasteiger partial charge in [-0.1, -0.05) is 11.6 Å². The number of hydrogen-bond donors (Lipinski definition) is 1. The van der Waals surface area contributed by atoms with Crippen molar-refractivity contribution in [3.63, 3.8) is 0 Å². The molecule has 0 spiro atoms. The molecule has 26 heavy (non-hydrogen) atoms. The molecule has 7 heteroatoms. The number of nitrogens with one attached hydrogen (secondary N) is 1. The molecule has 1 amide bonds. The first-order valence-corrected chi connectivity index (χ1v) is 9.89. The molecule has 3 rings (SSSR count). The van der Waals surface area contributed by atoms with Crippen molar-refractivity contribution in [2.24, 2.45) is 0 Å². The van der Waals surface area contributed by atoms with Crippen molar-refractivity contribution in [2.75, 3.05) is 53.8 Å². The van der Waals surface area contributed by atoms with Crippen LogP contribution in [-0.4, -0.2) is 44.6 Å². The standard InChI is InChI=1S/C19H21ClFN3OS/c1-23(2)18-5-3-13(11-16(18)21)19(25)22-14-4-6-17(15(20)12-14)24-7-9-26-10-8-24/h3-6,11-12H,7-10H2,1-2H3,(H,22,25). The van der Waals surface area contributed by atoms with E-state index in [1.54, 1.807) is 37.2 Å². The fraction of sp³-hybridized carbons (Fsp3) is 0.316. The highest BCUT2D eigenvalue weighted by atomic mass is 35.5. The van der Waals surface area contributed by atoms with Gasteiger partial charge in [-0.05, 0) is 36.4 Å². The van der Waals surface area contributed by atoms with Crippen molar-refractivity contribution >= 4 is 46.3 Å². The molecule has 0 bridgehead atoms. The van der Waals surface area contributed by atoms with Gasteiger partial charge in [0.15, 0.2) is 0 Å². The lowest BCUT2D eigenvalue weighted by Gasteiger charge is -2.29. The summed E-state index contributed by atoms with van der Waals surface area (Å²) in [5, 5.41) is 3.38. The molecule has 1 saturated heterocycles. The third-order valence-electron chi connectivity index (χ3n) is 4.25. The first-order chi connectivity index (χ1) is 12.5. The van der Waals surface area contributed by atoms with E-state index in [9.17, 15) is 9.18 Å². The zero-order valence-electron chi connectivity index (χ0n) is 14.8. The van der Waals surface area contributed by atoms with Crippen LogP contribution in [0.15, 0.2) is 36.4 Å². The normalized spacial score (nSPS) is 14.2. The van der Waals surface area contributed by atoms with E-state index in [0.29, 0.717) is 16.4 Å². The minimum atomic E-state index is -0.431. The molecule has 0 radical (unpaired) electrons. The van der Waals surface area contributed by atoms with Gasteiger partial charge in [-0.25, -0.2) is 4.39 Å². The number of nitrogens with zero attached hydrogens (tertiary/aromatic N) is 2. The first kappa shape index (κ1) is 18.9. The molecular weight excluding hydrogens is 373 g/mol. The van der Waals surface area contributed by atoms with Crippen LogP contribution >= 0.6 is 23.4 Å². The fourth-order valence-corrected chi connectivity index (χ4v) is 4.06. The Bertz CT molecular complexity index is 809. The molecule has 4 nitrogen and oxygen atoms in total. The van der Waals surface area contributed by atoms with E-state index in [4.69, 9.17) is 11.6 Å². The number of amides is 1. The lowest BCUT2D eigenvalue weighted by molar-refractivity contribution is 0.102. The topological polar surface area (TPSA) is 35.6 Å². The second-order valence-corrected chi connectivity index (χ2v) is 7.91. The van der Waals surface area contributed by atoms with Gasteiger partial charge in [0.05, 0.1) is 16.4 Å². The predicted molar refractivity (Wildman–Crippen MR) is 110 cm³/mol. The number of halogens is 2. The van der Waals surface area contributed by atoms with E-state index < -0.39 is 5.82 Å². The molecule has 138 valence electrons. The Morgan fingerprint density at radius 1 is 1.19 bits per heavy atom. The Kier molecular flexibility index (Phi) is 5.94. The van der Waals surface area contributed by atoms with Gasteiger partial charge in [0.1, 0.15) is 5.82 Å². The van der Waals surface area contributed by atoms with E-state index in [2.05, 4.69) is 10.2 Å². The lowest BCUT2D eigenvalue weighted by atomic mass is 10.1. The number of benzene rings is 2. The number of rotatable bonds is 4. The summed E-state index contributed by atoms with van der Waals surface area (Å²) in [4.78, 5) is 16.3. The highest BCUT2D eigenvalue weighted by Gasteiger charge is 2.16. The quantitative estimate of drug-likeness (QED) is 0.837. The minimum absolute atomic E-state index is 0.265. The van der Waals surface area contributed by atoms with Crippen molar-refractivity contribution in [1.82, 2.24) is 0 Å². The summed E-state index contributed by atoms with van der Waals surface area (Å²) in [5.74, 6) is 1.37. The van der Waals surface area contributed by atoms with E-state index >= 15 is 0 Å². The molecule has 0 aromatic heterocycles. The van der Waals surface area contributed by atoms with E-state index in [1.165, 1.54) is 6.07 Å². The van der Waals surface area contributed by atoms with Crippen molar-refractivity contribution in [2.45, 2.75) is 0 Å². The average Bonchev–Trinajstić information content (AvgIpc) is 2.62. The minimum Gasteiger partial charge on any atom is -0.375 e. The van der Waals surface area contributed by atoms with Crippen LogP contribution in [-0.2, 0) is 0 Å². The largest absolute Gasteiger partial charge is 0.375 e. The van der Waals surface area contributed by atoms with Crippen LogP contribution in [0.1, 0.15) is 10.4 Å². The van der Waals surface area contributed by atoms with Crippen molar-refractivity contribution in [3.05, 3.63) is 52.8 Å². The fourth-order valence-electron chi connectivity index (χ4n) is 2.86. The molecule has 1 aliphatic rings. The number of hydrogen-bond acceptors (Lipinski definition) is 4. The number of anilines is 3. The van der Waals surface area contributed by atoms with Gasteiger partial charge in [-0.2, -0.15) is 11.8 Å². The molecule has 2 aromatic rings. The first-order valence-electron chi connectivity index (χ1n) is 8.36. The Labute approximate surface area is 162 Å². The van der Waals surface area contributed by atoms with Crippen molar-refractivity contribution < 1.29 is 9.18 Å². The lowest BCUT2D eigenvalue weighted by Crippen LogP contribution is -2.32. The number of carbonyl (C=O) groups excluding carboxylic acids is 1. The van der Waals surface area contributed by atoms with E-state index in [0.717, 1.165) is 30.3 Å². The SMILES string of the molecule is CN(C)c1ccc(C(=O)Nc2ccc(N3CCSCC3)c(Cl)c2)cc1F. The Hall–Kier alpha value is -1.92. The molecule has 0 saturated carbocycles. The maximum absolute atomic E-state index is 14.1. The predicted octanol–water partition coefficient (Wildman–Crippen LogP) is 4.35. The Balaban J connectivity index is 1.73. The summed E-state index contributed by atoms with van der Waals surface area (Å²) in [6.45, 7) is 1.93. The second kappa shape index (κ2) is 8.18. The van der Waals surface area contributed by atoms with Crippen LogP contribution in [0.4, 0.5) is 21.5 Å². The highest BCUT2D eigenvalue weighted by Crippen LogP contribution is 2.30. The maximum atomic E-state index is 14.1. The zero-order chi connectivity index (χ0) is 18.7. The number of thioether (sulfide) groups is 1. The molecule has 2 aromatic carbocycles. The van der Waals surface area contributed by atoms with Crippen molar-refractivity contribution in [3.8, 4) is 0 Å². The summed E-state index contributed by atoms with van der Waals surface area (Å²) < 4.78 is 14.1. The van der Waals surface area contributed by atoms with Crippen LogP contribution in [0, 0.1) is 5.82 Å². The average molecular weight is 394 g/mol. The summed E-state index contributed by atoms with van der Waals surface area (Å²) >= 11 is 8.34. The van der Waals surface area contributed by atoms with E-state index in [-0.39, 0.29) is 11.5 Å². The van der Waals surface area contributed by atoms with E-state index in [1.807, 2.05) is 23.9 Å². The van der Waals surface area contributed by atoms with Crippen LogP contribution in [0.2, 0.25) is 5.02 Å². The molecule has 0 aliphatic carbocycles. The Morgan fingerprint density at radius 2 is 1.92 bits per heavy atom. The van der Waals surface area contributed by atoms with Crippen LogP contribution in [0.3, 0.4) is 0 Å². The molecule has 0 atom stereocenters. The van der Waals surface area contributed by atoms with Crippen LogP contribution in [0.5, 0.6) is 0 Å². The molecule has 1 fully saturated rings. The molecule has 1 heterocycles. The highest BCUT2D eigenvalue weighted by molar-refractivity contribution is 7.99. The molecule has 1 N–H and O–H groups in total. The summed E-state index contributed by atoms with van der Waals surface area (Å²) in [6.07, 6.45) is 0. The molecular formula is C19H21ClFN3OS. The number of carbonyl (C=O) groups is 1. The van der Waals surface area contributed by atoms with Gasteiger partial charge >= 0.3 is 0 Å². The van der Waals surface area contributed by atoms with Gasteiger partial charge < -0.3 is 15.1 Å². The monoisotopic (exact) mass is 393 g/mol. The van der Waals surface area contributed by atoms with Crippen LogP contribution < -0.4 is 15.1 Å². The smallest absolute Gasteiger partial charge is 0.255 e. The van der Waals surface area contributed by atoms with Gasteiger partial charge in [-0.15, -0.1) is 0 Å². The van der Waals surface area contributed by atoms with Gasteiger partial charge in [0.25, 0.3) is 5.91 Å². The third kappa shape index (κ3) is 4.24.